The van der Waals surface area contributed by atoms with E-state index in [0.29, 0.717) is 5.02 Å². The molecule has 1 aliphatic carbocycles. The highest BCUT2D eigenvalue weighted by Crippen LogP contribution is 2.29. The second kappa shape index (κ2) is 4.75. The van der Waals surface area contributed by atoms with Crippen molar-refractivity contribution < 1.29 is 14.7 Å². The van der Waals surface area contributed by atoms with Crippen LogP contribution in [0.25, 0.3) is 0 Å². The summed E-state index contributed by atoms with van der Waals surface area (Å²) >= 11 is 5.79. The van der Waals surface area contributed by atoms with Crippen LogP contribution in [0, 0.1) is 5.92 Å². The van der Waals surface area contributed by atoms with Crippen LogP contribution in [-0.2, 0) is 4.79 Å². The maximum atomic E-state index is 11.7. The summed E-state index contributed by atoms with van der Waals surface area (Å²) in [5, 5.41) is 12.0. The molecule has 2 rings (SSSR count). The zero-order chi connectivity index (χ0) is 12.4. The van der Waals surface area contributed by atoms with Crippen LogP contribution in [0.2, 0.25) is 5.02 Å². The summed E-state index contributed by atoms with van der Waals surface area (Å²) in [6, 6.07) is 4.34. The number of nitrogens with one attached hydrogen (secondary N) is 1. The van der Waals surface area contributed by atoms with Gasteiger partial charge in [0.1, 0.15) is 0 Å². The number of halogens is 1. The Kier molecular flexibility index (Phi) is 3.33. The van der Waals surface area contributed by atoms with Gasteiger partial charge in [-0.1, -0.05) is 18.0 Å². The van der Waals surface area contributed by atoms with E-state index >= 15 is 0 Å². The molecular weight excluding hydrogens is 242 g/mol. The Bertz CT molecular complexity index is 469. The molecule has 1 aromatic carbocycles. The molecular formula is C12H12ClNO3. The van der Waals surface area contributed by atoms with Gasteiger partial charge in [0.2, 0.25) is 5.91 Å². The molecule has 0 atom stereocenters. The van der Waals surface area contributed by atoms with Crippen LogP contribution < -0.4 is 5.32 Å². The van der Waals surface area contributed by atoms with Gasteiger partial charge in [0.25, 0.3) is 0 Å². The van der Waals surface area contributed by atoms with E-state index in [-0.39, 0.29) is 23.1 Å². The van der Waals surface area contributed by atoms with Crippen LogP contribution in [0.4, 0.5) is 5.69 Å². The molecule has 1 aliphatic rings. The third-order valence-electron chi connectivity index (χ3n) is 2.95. The number of hydrogen-bond acceptors (Lipinski definition) is 2. The first-order chi connectivity index (χ1) is 8.08. The topological polar surface area (TPSA) is 66.4 Å². The second-order valence-corrected chi connectivity index (χ2v) is 4.55. The standard InChI is InChI=1S/C12H12ClNO3/c13-8-4-5-9(12(16)17)10(6-8)14-11(15)7-2-1-3-7/h4-7H,1-3H2,(H,14,15)(H,16,17). The Morgan fingerprint density at radius 1 is 1.35 bits per heavy atom. The van der Waals surface area contributed by atoms with E-state index in [1.807, 2.05) is 0 Å². The van der Waals surface area contributed by atoms with Gasteiger partial charge in [-0.3, -0.25) is 4.79 Å². The number of carbonyl (C=O) groups excluding carboxylic acids is 1. The summed E-state index contributed by atoms with van der Waals surface area (Å²) < 4.78 is 0. The van der Waals surface area contributed by atoms with Crippen molar-refractivity contribution in [3.8, 4) is 0 Å². The van der Waals surface area contributed by atoms with E-state index in [1.165, 1.54) is 18.2 Å². The van der Waals surface area contributed by atoms with Gasteiger partial charge in [-0.25, -0.2) is 4.79 Å². The molecule has 0 aliphatic heterocycles. The molecule has 0 bridgehead atoms. The first-order valence-corrected chi connectivity index (χ1v) is 5.79. The quantitative estimate of drug-likeness (QED) is 0.870. The number of amides is 1. The highest BCUT2D eigenvalue weighted by molar-refractivity contribution is 6.31. The van der Waals surface area contributed by atoms with Gasteiger partial charge in [-0.15, -0.1) is 0 Å². The van der Waals surface area contributed by atoms with Gasteiger partial charge >= 0.3 is 5.97 Å². The van der Waals surface area contributed by atoms with Crippen molar-refractivity contribution in [2.75, 3.05) is 5.32 Å². The molecule has 0 heterocycles. The van der Waals surface area contributed by atoms with Crippen molar-refractivity contribution >= 4 is 29.2 Å². The normalized spacial score (nSPS) is 15.1. The molecule has 0 saturated heterocycles. The average molecular weight is 254 g/mol. The zero-order valence-electron chi connectivity index (χ0n) is 9.07. The zero-order valence-corrected chi connectivity index (χ0v) is 9.83. The predicted octanol–water partition coefficient (Wildman–Crippen LogP) is 2.78. The number of carboxylic acid groups (broad SMARTS) is 1. The number of hydrogen-bond donors (Lipinski definition) is 2. The Morgan fingerprint density at radius 2 is 2.06 bits per heavy atom. The second-order valence-electron chi connectivity index (χ2n) is 4.11. The molecule has 1 amide bonds. The van der Waals surface area contributed by atoms with E-state index in [2.05, 4.69) is 5.32 Å². The Labute approximate surface area is 104 Å². The molecule has 1 saturated carbocycles. The SMILES string of the molecule is O=C(O)c1ccc(Cl)cc1NC(=O)C1CCC1. The highest BCUT2D eigenvalue weighted by Gasteiger charge is 2.26. The summed E-state index contributed by atoms with van der Waals surface area (Å²) in [6.45, 7) is 0. The smallest absolute Gasteiger partial charge is 0.337 e. The van der Waals surface area contributed by atoms with E-state index in [1.54, 1.807) is 0 Å². The first-order valence-electron chi connectivity index (χ1n) is 5.41. The summed E-state index contributed by atoms with van der Waals surface area (Å²) in [7, 11) is 0. The highest BCUT2D eigenvalue weighted by atomic mass is 35.5. The maximum absolute atomic E-state index is 11.7. The van der Waals surface area contributed by atoms with Crippen molar-refractivity contribution in [1.29, 1.82) is 0 Å². The van der Waals surface area contributed by atoms with Crippen LogP contribution in [-0.4, -0.2) is 17.0 Å². The van der Waals surface area contributed by atoms with E-state index in [9.17, 15) is 9.59 Å². The lowest BCUT2D eigenvalue weighted by atomic mass is 9.85. The predicted molar refractivity (Wildman–Crippen MR) is 64.4 cm³/mol. The monoisotopic (exact) mass is 253 g/mol. The fourth-order valence-corrected chi connectivity index (χ4v) is 1.88. The average Bonchev–Trinajstić information content (AvgIpc) is 2.13. The molecule has 1 aromatic rings. The van der Waals surface area contributed by atoms with Gasteiger partial charge in [0, 0.05) is 10.9 Å². The Hall–Kier alpha value is -1.55. The number of rotatable bonds is 3. The molecule has 90 valence electrons. The number of benzene rings is 1. The van der Waals surface area contributed by atoms with Crippen LogP contribution >= 0.6 is 11.6 Å². The minimum absolute atomic E-state index is 0.00984. The molecule has 2 N–H and O–H groups in total. The van der Waals surface area contributed by atoms with Gasteiger partial charge in [-0.2, -0.15) is 0 Å². The molecule has 4 nitrogen and oxygen atoms in total. The van der Waals surface area contributed by atoms with E-state index in [4.69, 9.17) is 16.7 Å². The van der Waals surface area contributed by atoms with E-state index < -0.39 is 5.97 Å². The molecule has 5 heteroatoms. The largest absolute Gasteiger partial charge is 0.478 e. The van der Waals surface area contributed by atoms with Crippen LogP contribution in [0.1, 0.15) is 29.6 Å². The van der Waals surface area contributed by atoms with Crippen LogP contribution in [0.5, 0.6) is 0 Å². The van der Waals surface area contributed by atoms with Crippen LogP contribution in [0.3, 0.4) is 0 Å². The maximum Gasteiger partial charge on any atom is 0.337 e. The molecule has 0 aromatic heterocycles. The molecule has 0 spiro atoms. The number of carboxylic acids is 1. The van der Waals surface area contributed by atoms with Gasteiger partial charge in [0.05, 0.1) is 11.3 Å². The number of anilines is 1. The van der Waals surface area contributed by atoms with Crippen molar-refractivity contribution in [3.05, 3.63) is 28.8 Å². The lowest BCUT2D eigenvalue weighted by Crippen LogP contribution is -2.28. The van der Waals surface area contributed by atoms with Gasteiger partial charge in [-0.05, 0) is 31.0 Å². The van der Waals surface area contributed by atoms with E-state index in [0.717, 1.165) is 19.3 Å². The molecule has 17 heavy (non-hydrogen) atoms. The summed E-state index contributed by atoms with van der Waals surface area (Å²) in [4.78, 5) is 22.7. The number of carbonyl (C=O) groups is 2. The van der Waals surface area contributed by atoms with Crippen LogP contribution in [0.15, 0.2) is 18.2 Å². The molecule has 1 fully saturated rings. The van der Waals surface area contributed by atoms with Crippen molar-refractivity contribution in [2.45, 2.75) is 19.3 Å². The van der Waals surface area contributed by atoms with Crippen molar-refractivity contribution in [1.82, 2.24) is 0 Å². The third-order valence-corrected chi connectivity index (χ3v) is 3.18. The summed E-state index contributed by atoms with van der Waals surface area (Å²) in [5.41, 5.74) is 0.323. The van der Waals surface area contributed by atoms with Gasteiger partial charge < -0.3 is 10.4 Å². The number of aromatic carboxylic acids is 1. The Morgan fingerprint density at radius 3 is 2.59 bits per heavy atom. The summed E-state index contributed by atoms with van der Waals surface area (Å²) in [6.07, 6.45) is 2.79. The fourth-order valence-electron chi connectivity index (χ4n) is 1.71. The molecule has 0 radical (unpaired) electrons. The van der Waals surface area contributed by atoms with Crippen molar-refractivity contribution in [2.24, 2.45) is 5.92 Å². The first kappa shape index (κ1) is 11.9. The fraction of sp³-hybridized carbons (Fsp3) is 0.333. The summed E-state index contributed by atoms with van der Waals surface area (Å²) in [5.74, 6) is -1.19. The third kappa shape index (κ3) is 2.58. The lowest BCUT2D eigenvalue weighted by molar-refractivity contribution is -0.122. The molecule has 0 unspecified atom stereocenters. The minimum Gasteiger partial charge on any atom is -0.478 e. The minimum atomic E-state index is -1.08. The van der Waals surface area contributed by atoms with Crippen molar-refractivity contribution in [3.63, 3.8) is 0 Å². The van der Waals surface area contributed by atoms with Gasteiger partial charge in [0.15, 0.2) is 0 Å². The Balaban J connectivity index is 2.20. The lowest BCUT2D eigenvalue weighted by Gasteiger charge is -2.24.